The van der Waals surface area contributed by atoms with Crippen LogP contribution in [-0.4, -0.2) is 42.8 Å². The number of likely N-dealkylation sites (N-methyl/N-ethyl adjacent to an activating group) is 1. The maximum absolute atomic E-state index is 11.7. The third kappa shape index (κ3) is 2.64. The van der Waals surface area contributed by atoms with Gasteiger partial charge in [0.1, 0.15) is 0 Å². The standard InChI is InChI=1S/C12H20N4O2/c1-3-16(7-9-5-4-6-13-9)11-10(18-2)12(17)15-8-14-11/h8-9,13H,3-7H2,1-2H3,(H,14,15,17). The fourth-order valence-electron chi connectivity index (χ4n) is 2.33. The third-order valence-electron chi connectivity index (χ3n) is 3.28. The molecular formula is C12H20N4O2. The van der Waals surface area contributed by atoms with Gasteiger partial charge in [-0.3, -0.25) is 4.79 Å². The first-order valence-electron chi connectivity index (χ1n) is 6.36. The molecule has 1 saturated heterocycles. The van der Waals surface area contributed by atoms with Crippen LogP contribution in [0.3, 0.4) is 0 Å². The van der Waals surface area contributed by atoms with Crippen molar-refractivity contribution >= 4 is 5.82 Å². The number of rotatable bonds is 5. The molecule has 0 radical (unpaired) electrons. The second-order valence-corrected chi connectivity index (χ2v) is 4.42. The van der Waals surface area contributed by atoms with Crippen LogP contribution >= 0.6 is 0 Å². The van der Waals surface area contributed by atoms with Crippen LogP contribution in [0, 0.1) is 0 Å². The van der Waals surface area contributed by atoms with Crippen LogP contribution < -0.4 is 20.5 Å². The lowest BCUT2D eigenvalue weighted by molar-refractivity contribution is 0.404. The molecule has 6 nitrogen and oxygen atoms in total. The number of ether oxygens (including phenoxy) is 1. The molecule has 1 fully saturated rings. The molecule has 2 N–H and O–H groups in total. The third-order valence-corrected chi connectivity index (χ3v) is 3.28. The van der Waals surface area contributed by atoms with Crippen molar-refractivity contribution in [2.45, 2.75) is 25.8 Å². The highest BCUT2D eigenvalue weighted by Gasteiger charge is 2.21. The number of H-pyrrole nitrogens is 1. The number of nitrogens with zero attached hydrogens (tertiary/aromatic N) is 2. The molecule has 0 amide bonds. The van der Waals surface area contributed by atoms with Crippen LogP contribution in [0.5, 0.6) is 5.75 Å². The molecule has 0 bridgehead atoms. The zero-order chi connectivity index (χ0) is 13.0. The van der Waals surface area contributed by atoms with Gasteiger partial charge in [0, 0.05) is 19.1 Å². The number of anilines is 1. The Hall–Kier alpha value is -1.56. The van der Waals surface area contributed by atoms with Gasteiger partial charge >= 0.3 is 0 Å². The molecule has 100 valence electrons. The van der Waals surface area contributed by atoms with Crippen LogP contribution in [0.2, 0.25) is 0 Å². The summed E-state index contributed by atoms with van der Waals surface area (Å²) in [5, 5.41) is 3.45. The van der Waals surface area contributed by atoms with Crippen molar-refractivity contribution in [1.82, 2.24) is 15.3 Å². The van der Waals surface area contributed by atoms with Crippen molar-refractivity contribution in [2.75, 3.05) is 31.6 Å². The first kappa shape index (κ1) is 12.9. The predicted molar refractivity (Wildman–Crippen MR) is 70.3 cm³/mol. The molecule has 1 aliphatic heterocycles. The second kappa shape index (κ2) is 5.86. The molecule has 1 aromatic rings. The van der Waals surface area contributed by atoms with Crippen LogP contribution in [0.15, 0.2) is 11.1 Å². The lowest BCUT2D eigenvalue weighted by atomic mass is 10.2. The molecule has 6 heteroatoms. The number of nitrogens with one attached hydrogen (secondary N) is 2. The zero-order valence-electron chi connectivity index (χ0n) is 10.9. The number of aromatic amines is 1. The summed E-state index contributed by atoms with van der Waals surface area (Å²) in [5.41, 5.74) is -0.236. The molecule has 0 aliphatic carbocycles. The zero-order valence-corrected chi connectivity index (χ0v) is 10.9. The average Bonchev–Trinajstić information content (AvgIpc) is 2.88. The highest BCUT2D eigenvalue weighted by atomic mass is 16.5. The van der Waals surface area contributed by atoms with Gasteiger partial charge in [-0.05, 0) is 26.3 Å². The first-order chi connectivity index (χ1) is 8.76. The summed E-state index contributed by atoms with van der Waals surface area (Å²) in [6, 6.07) is 0.468. The predicted octanol–water partition coefficient (Wildman–Crippen LogP) is 0.357. The minimum Gasteiger partial charge on any atom is -0.489 e. The van der Waals surface area contributed by atoms with E-state index in [9.17, 15) is 4.79 Å². The SMILES string of the molecule is CCN(CC1CCCN1)c1nc[nH]c(=O)c1OC. The summed E-state index contributed by atoms with van der Waals surface area (Å²) in [6.45, 7) is 4.77. The molecule has 1 aromatic heterocycles. The van der Waals surface area contributed by atoms with Crippen LogP contribution in [-0.2, 0) is 0 Å². The van der Waals surface area contributed by atoms with Gasteiger partial charge in [-0.25, -0.2) is 4.98 Å². The van der Waals surface area contributed by atoms with E-state index in [-0.39, 0.29) is 11.3 Å². The monoisotopic (exact) mass is 252 g/mol. The van der Waals surface area contributed by atoms with E-state index in [1.807, 2.05) is 0 Å². The van der Waals surface area contributed by atoms with E-state index >= 15 is 0 Å². The normalized spacial score (nSPS) is 18.9. The number of hydrogen-bond acceptors (Lipinski definition) is 5. The summed E-state index contributed by atoms with van der Waals surface area (Å²) < 4.78 is 5.16. The van der Waals surface area contributed by atoms with E-state index in [4.69, 9.17) is 4.74 Å². The molecule has 0 spiro atoms. The van der Waals surface area contributed by atoms with Gasteiger partial charge < -0.3 is 19.9 Å². The summed E-state index contributed by atoms with van der Waals surface area (Å²) in [6.07, 6.45) is 3.80. The topological polar surface area (TPSA) is 70.2 Å². The summed E-state index contributed by atoms with van der Waals surface area (Å²) in [5.74, 6) is 0.912. The Bertz CT molecular complexity index is 440. The Morgan fingerprint density at radius 1 is 1.61 bits per heavy atom. The van der Waals surface area contributed by atoms with Gasteiger partial charge in [0.25, 0.3) is 5.56 Å². The summed E-state index contributed by atoms with van der Waals surface area (Å²) in [7, 11) is 1.50. The molecule has 2 heterocycles. The first-order valence-corrected chi connectivity index (χ1v) is 6.36. The fourth-order valence-corrected chi connectivity index (χ4v) is 2.33. The lowest BCUT2D eigenvalue weighted by Gasteiger charge is -2.26. The number of aromatic nitrogens is 2. The van der Waals surface area contributed by atoms with Crippen molar-refractivity contribution in [1.29, 1.82) is 0 Å². The van der Waals surface area contributed by atoms with Gasteiger partial charge in [0.2, 0.25) is 5.75 Å². The van der Waals surface area contributed by atoms with Crippen LogP contribution in [0.1, 0.15) is 19.8 Å². The van der Waals surface area contributed by atoms with E-state index < -0.39 is 0 Å². The Balaban J connectivity index is 2.20. The van der Waals surface area contributed by atoms with Crippen molar-refractivity contribution in [3.63, 3.8) is 0 Å². The van der Waals surface area contributed by atoms with Crippen LogP contribution in [0.4, 0.5) is 5.82 Å². The summed E-state index contributed by atoms with van der Waals surface area (Å²) in [4.78, 5) is 20.5. The Kier molecular flexibility index (Phi) is 4.19. The molecule has 18 heavy (non-hydrogen) atoms. The molecule has 2 rings (SSSR count). The van der Waals surface area contributed by atoms with Crippen molar-refractivity contribution < 1.29 is 4.74 Å². The molecule has 1 unspecified atom stereocenters. The van der Waals surface area contributed by atoms with Gasteiger partial charge in [0.15, 0.2) is 5.82 Å². The maximum atomic E-state index is 11.7. The van der Waals surface area contributed by atoms with Gasteiger partial charge in [-0.1, -0.05) is 0 Å². The molecule has 0 saturated carbocycles. The second-order valence-electron chi connectivity index (χ2n) is 4.42. The molecule has 1 atom stereocenters. The minimum absolute atomic E-state index is 0.236. The van der Waals surface area contributed by atoms with Crippen molar-refractivity contribution in [3.05, 3.63) is 16.7 Å². The Morgan fingerprint density at radius 3 is 3.06 bits per heavy atom. The quantitative estimate of drug-likeness (QED) is 0.791. The van der Waals surface area contributed by atoms with E-state index in [2.05, 4.69) is 27.1 Å². The number of methoxy groups -OCH3 is 1. The average molecular weight is 252 g/mol. The Labute approximate surface area is 106 Å². The van der Waals surface area contributed by atoms with Gasteiger partial charge in [-0.2, -0.15) is 0 Å². The fraction of sp³-hybridized carbons (Fsp3) is 0.667. The van der Waals surface area contributed by atoms with E-state index in [1.165, 1.54) is 26.3 Å². The largest absolute Gasteiger partial charge is 0.489 e. The van der Waals surface area contributed by atoms with E-state index in [1.54, 1.807) is 0 Å². The smallest absolute Gasteiger partial charge is 0.295 e. The van der Waals surface area contributed by atoms with E-state index in [0.717, 1.165) is 19.6 Å². The molecule has 1 aliphatic rings. The highest BCUT2D eigenvalue weighted by molar-refractivity contribution is 5.50. The van der Waals surface area contributed by atoms with E-state index in [0.29, 0.717) is 11.9 Å². The Morgan fingerprint density at radius 2 is 2.44 bits per heavy atom. The summed E-state index contributed by atoms with van der Waals surface area (Å²) >= 11 is 0. The lowest BCUT2D eigenvalue weighted by Crippen LogP contribution is -2.38. The van der Waals surface area contributed by atoms with Gasteiger partial charge in [-0.15, -0.1) is 0 Å². The van der Waals surface area contributed by atoms with Crippen molar-refractivity contribution in [2.24, 2.45) is 0 Å². The van der Waals surface area contributed by atoms with Crippen LogP contribution in [0.25, 0.3) is 0 Å². The highest BCUT2D eigenvalue weighted by Crippen LogP contribution is 2.21. The maximum Gasteiger partial charge on any atom is 0.295 e. The van der Waals surface area contributed by atoms with Gasteiger partial charge in [0.05, 0.1) is 13.4 Å². The number of hydrogen-bond donors (Lipinski definition) is 2. The minimum atomic E-state index is -0.236. The molecular weight excluding hydrogens is 232 g/mol. The van der Waals surface area contributed by atoms with Crippen molar-refractivity contribution in [3.8, 4) is 5.75 Å². The molecule has 0 aromatic carbocycles.